The number of carbonyl (C=O) groups is 2. The molecule has 0 fully saturated rings. The maximum absolute atomic E-state index is 12.7. The molecule has 28 heavy (non-hydrogen) atoms. The van der Waals surface area contributed by atoms with Crippen LogP contribution in [0.2, 0.25) is 0 Å². The van der Waals surface area contributed by atoms with Crippen LogP contribution in [0.5, 0.6) is 0 Å². The number of ether oxygens (including phenoxy) is 1. The zero-order valence-corrected chi connectivity index (χ0v) is 16.3. The number of cyclic esters (lactones) is 1. The van der Waals surface area contributed by atoms with Crippen LogP contribution in [0.4, 0.5) is 0 Å². The minimum Gasteiger partial charge on any atom is -0.453 e. The molecule has 7 heteroatoms. The molecule has 2 heterocycles. The number of hydrogen-bond donors (Lipinski definition) is 2. The molecule has 0 aliphatic carbocycles. The van der Waals surface area contributed by atoms with Crippen LogP contribution in [0.3, 0.4) is 0 Å². The van der Waals surface area contributed by atoms with Crippen molar-refractivity contribution < 1.29 is 14.3 Å². The predicted molar refractivity (Wildman–Crippen MR) is 109 cm³/mol. The fraction of sp³-hybridized carbons (Fsp3) is 0.286. The lowest BCUT2D eigenvalue weighted by molar-refractivity contribution is -0.123. The largest absolute Gasteiger partial charge is 0.453 e. The second-order valence-corrected chi connectivity index (χ2v) is 7.71. The van der Waals surface area contributed by atoms with Gasteiger partial charge in [-0.15, -0.1) is 0 Å². The van der Waals surface area contributed by atoms with Gasteiger partial charge in [0.25, 0.3) is 0 Å². The Morgan fingerprint density at radius 1 is 1.25 bits per heavy atom. The number of amides is 1. The van der Waals surface area contributed by atoms with E-state index in [9.17, 15) is 9.59 Å². The van der Waals surface area contributed by atoms with E-state index in [0.29, 0.717) is 5.56 Å². The number of H-pyrrole nitrogens is 1. The lowest BCUT2D eigenvalue weighted by Gasteiger charge is -2.18. The van der Waals surface area contributed by atoms with Crippen LogP contribution in [0.15, 0.2) is 48.5 Å². The molecule has 0 unspecified atom stereocenters. The summed E-state index contributed by atoms with van der Waals surface area (Å²) in [5.41, 5.74) is 3.13. The quantitative estimate of drug-likeness (QED) is 0.595. The Morgan fingerprint density at radius 3 is 2.86 bits per heavy atom. The van der Waals surface area contributed by atoms with Gasteiger partial charge in [-0.05, 0) is 36.6 Å². The summed E-state index contributed by atoms with van der Waals surface area (Å²) in [5.74, 6) is 1.10. The number of carbonyl (C=O) groups excluding carboxylic acids is 2. The van der Waals surface area contributed by atoms with Crippen LogP contribution in [0.25, 0.3) is 11.0 Å². The number of fused-ring (bicyclic) bond motifs is 2. The fourth-order valence-electron chi connectivity index (χ4n) is 3.44. The van der Waals surface area contributed by atoms with Crippen LogP contribution in [-0.2, 0) is 9.53 Å². The Labute approximate surface area is 167 Å². The molecular weight excluding hydrogens is 374 g/mol. The molecule has 2 N–H and O–H groups in total. The van der Waals surface area contributed by atoms with Gasteiger partial charge in [-0.2, -0.15) is 11.8 Å². The SMILES string of the molecule is CSCC[C@H](NC(=O)C[C@@H]1OC(=O)c2ccccc21)c1nc2ccccc2[nH]1. The maximum atomic E-state index is 12.7. The summed E-state index contributed by atoms with van der Waals surface area (Å²) in [6, 6.07) is 14.8. The van der Waals surface area contributed by atoms with Crippen molar-refractivity contribution in [3.05, 3.63) is 65.5 Å². The van der Waals surface area contributed by atoms with Crippen molar-refractivity contribution in [3.63, 3.8) is 0 Å². The first-order valence-electron chi connectivity index (χ1n) is 9.18. The molecule has 0 radical (unpaired) electrons. The monoisotopic (exact) mass is 395 g/mol. The molecule has 144 valence electrons. The highest BCUT2D eigenvalue weighted by Gasteiger charge is 2.32. The minimum atomic E-state index is -0.541. The number of aromatic amines is 1. The van der Waals surface area contributed by atoms with Gasteiger partial charge in [0.1, 0.15) is 11.9 Å². The van der Waals surface area contributed by atoms with Crippen LogP contribution in [0, 0.1) is 0 Å². The van der Waals surface area contributed by atoms with Gasteiger partial charge in [0.15, 0.2) is 0 Å². The average molecular weight is 395 g/mol. The predicted octanol–water partition coefficient (Wildman–Crippen LogP) is 3.78. The first kappa shape index (κ1) is 18.6. The maximum Gasteiger partial charge on any atom is 0.339 e. The Balaban J connectivity index is 1.49. The van der Waals surface area contributed by atoms with E-state index in [1.165, 1.54) is 0 Å². The molecule has 1 aromatic heterocycles. The number of esters is 1. The van der Waals surface area contributed by atoms with Gasteiger partial charge in [-0.3, -0.25) is 4.79 Å². The summed E-state index contributed by atoms with van der Waals surface area (Å²) in [7, 11) is 0. The lowest BCUT2D eigenvalue weighted by atomic mass is 10.0. The van der Waals surface area contributed by atoms with Gasteiger partial charge >= 0.3 is 5.97 Å². The molecular formula is C21H21N3O3S. The van der Waals surface area contributed by atoms with Crippen LogP contribution < -0.4 is 5.32 Å². The third-order valence-electron chi connectivity index (χ3n) is 4.83. The average Bonchev–Trinajstić information content (AvgIpc) is 3.27. The van der Waals surface area contributed by atoms with Gasteiger partial charge in [0.05, 0.1) is 29.1 Å². The fourth-order valence-corrected chi connectivity index (χ4v) is 3.92. The Kier molecular flexibility index (Phi) is 5.34. The minimum absolute atomic E-state index is 0.0960. The van der Waals surface area contributed by atoms with Gasteiger partial charge in [-0.25, -0.2) is 9.78 Å². The summed E-state index contributed by atoms with van der Waals surface area (Å²) in [6.45, 7) is 0. The Morgan fingerprint density at radius 2 is 2.04 bits per heavy atom. The van der Waals surface area contributed by atoms with Crippen LogP contribution in [0.1, 0.15) is 46.7 Å². The number of imidazole rings is 1. The second-order valence-electron chi connectivity index (χ2n) is 6.73. The van der Waals surface area contributed by atoms with Crippen molar-refractivity contribution in [1.82, 2.24) is 15.3 Å². The van der Waals surface area contributed by atoms with Crippen molar-refractivity contribution >= 4 is 34.7 Å². The first-order valence-corrected chi connectivity index (χ1v) is 10.6. The van der Waals surface area contributed by atoms with E-state index in [-0.39, 0.29) is 24.3 Å². The van der Waals surface area contributed by atoms with Crippen molar-refractivity contribution in [2.24, 2.45) is 0 Å². The summed E-state index contributed by atoms with van der Waals surface area (Å²) in [6.07, 6.45) is 2.35. The van der Waals surface area contributed by atoms with Gasteiger partial charge in [0, 0.05) is 5.56 Å². The van der Waals surface area contributed by atoms with Crippen LogP contribution >= 0.6 is 11.8 Å². The number of aromatic nitrogens is 2. The summed E-state index contributed by atoms with van der Waals surface area (Å²) < 4.78 is 5.39. The van der Waals surface area contributed by atoms with Gasteiger partial charge in [-0.1, -0.05) is 30.3 Å². The highest BCUT2D eigenvalue weighted by Crippen LogP contribution is 2.33. The molecule has 1 aliphatic heterocycles. The lowest BCUT2D eigenvalue weighted by Crippen LogP contribution is -2.30. The molecule has 0 saturated heterocycles. The molecule has 3 aromatic rings. The van der Waals surface area contributed by atoms with E-state index in [2.05, 4.69) is 15.3 Å². The molecule has 2 aromatic carbocycles. The topological polar surface area (TPSA) is 84.1 Å². The number of hydrogen-bond acceptors (Lipinski definition) is 5. The third-order valence-corrected chi connectivity index (χ3v) is 5.48. The smallest absolute Gasteiger partial charge is 0.339 e. The zero-order chi connectivity index (χ0) is 19.5. The molecule has 0 saturated carbocycles. The summed E-state index contributed by atoms with van der Waals surface area (Å²) in [5, 5.41) is 3.06. The number of rotatable bonds is 7. The molecule has 2 atom stereocenters. The van der Waals surface area contributed by atoms with Crippen LogP contribution in [-0.4, -0.2) is 33.9 Å². The van der Waals surface area contributed by atoms with E-state index in [1.54, 1.807) is 23.9 Å². The van der Waals surface area contributed by atoms with Gasteiger partial charge < -0.3 is 15.0 Å². The molecule has 4 rings (SSSR count). The van der Waals surface area contributed by atoms with Crippen molar-refractivity contribution in [3.8, 4) is 0 Å². The second kappa shape index (κ2) is 8.06. The number of thioether (sulfide) groups is 1. The standard InChI is InChI=1S/C21H21N3O3S/c1-28-11-10-17(20-23-15-8-4-5-9-16(15)24-20)22-19(25)12-18-13-6-2-3-7-14(13)21(26)27-18/h2-9,17-18H,10-12H2,1H3,(H,22,25)(H,23,24)/t17-,18-/m0/s1. The number of nitrogens with one attached hydrogen (secondary N) is 2. The van der Waals surface area contributed by atoms with E-state index >= 15 is 0 Å². The first-order chi connectivity index (χ1) is 13.7. The Hall–Kier alpha value is -2.80. The number of nitrogens with zero attached hydrogens (tertiary/aromatic N) is 1. The Bertz CT molecular complexity index is 984. The van der Waals surface area contributed by atoms with Crippen molar-refractivity contribution in [1.29, 1.82) is 0 Å². The van der Waals surface area contributed by atoms with Crippen molar-refractivity contribution in [2.75, 3.05) is 12.0 Å². The highest BCUT2D eigenvalue weighted by atomic mass is 32.2. The molecule has 0 spiro atoms. The number of para-hydroxylation sites is 2. The van der Waals surface area contributed by atoms with Crippen molar-refractivity contribution in [2.45, 2.75) is 25.0 Å². The molecule has 1 amide bonds. The van der Waals surface area contributed by atoms with Gasteiger partial charge in [0.2, 0.25) is 5.91 Å². The third kappa shape index (κ3) is 3.75. The summed E-state index contributed by atoms with van der Waals surface area (Å²) >= 11 is 1.72. The normalized spacial score (nSPS) is 16.6. The van der Waals surface area contributed by atoms with E-state index in [0.717, 1.165) is 34.6 Å². The van der Waals surface area contributed by atoms with E-state index in [4.69, 9.17) is 4.74 Å². The number of benzene rings is 2. The molecule has 1 aliphatic rings. The summed E-state index contributed by atoms with van der Waals surface area (Å²) in [4.78, 5) is 32.6. The highest BCUT2D eigenvalue weighted by molar-refractivity contribution is 7.98. The molecule has 0 bridgehead atoms. The van der Waals surface area contributed by atoms with E-state index in [1.807, 2.05) is 42.7 Å². The van der Waals surface area contributed by atoms with E-state index < -0.39 is 6.10 Å². The zero-order valence-electron chi connectivity index (χ0n) is 15.5. The molecule has 6 nitrogen and oxygen atoms in total.